The molecule has 24 heavy (non-hydrogen) atoms. The maximum atomic E-state index is 12.8. The van der Waals surface area contributed by atoms with Gasteiger partial charge in [-0.15, -0.1) is 0 Å². The number of hydrogen-bond donors (Lipinski definition) is 1. The summed E-state index contributed by atoms with van der Waals surface area (Å²) in [5.41, 5.74) is 0.906. The molecule has 3 rings (SSSR count). The van der Waals surface area contributed by atoms with Gasteiger partial charge in [0.2, 0.25) is 12.5 Å². The van der Waals surface area contributed by atoms with Gasteiger partial charge in [-0.2, -0.15) is 0 Å². The molecule has 2 aromatic rings. The summed E-state index contributed by atoms with van der Waals surface area (Å²) in [6, 6.07) is 10.6. The SMILES string of the molecule is COc1cc2c(c(OC)c1C(=O)C[C@@H](O)c1ccccc1)OCO2. The Balaban J connectivity index is 1.94. The standard InChI is InChI=1S/C18H18O6/c1-21-14-9-15-17(24-10-23-15)18(22-2)16(14)13(20)8-12(19)11-6-4-3-5-7-11/h3-7,9,12,19H,8,10H2,1-2H3/t12-/m1/s1. The lowest BCUT2D eigenvalue weighted by molar-refractivity contribution is 0.0873. The smallest absolute Gasteiger partial charge is 0.231 e. The summed E-state index contributed by atoms with van der Waals surface area (Å²) in [5, 5.41) is 10.3. The fourth-order valence-corrected chi connectivity index (χ4v) is 2.68. The second-order valence-corrected chi connectivity index (χ2v) is 5.27. The molecular weight excluding hydrogens is 312 g/mol. The summed E-state index contributed by atoms with van der Waals surface area (Å²) >= 11 is 0. The fourth-order valence-electron chi connectivity index (χ4n) is 2.68. The number of ether oxygens (including phenoxy) is 4. The van der Waals surface area contributed by atoms with Gasteiger partial charge in [0.1, 0.15) is 11.3 Å². The Kier molecular flexibility index (Phi) is 4.57. The van der Waals surface area contributed by atoms with Crippen molar-refractivity contribution in [2.24, 2.45) is 0 Å². The molecule has 0 saturated carbocycles. The Hall–Kier alpha value is -2.73. The summed E-state index contributed by atoms with van der Waals surface area (Å²) < 4.78 is 21.4. The molecule has 1 atom stereocenters. The largest absolute Gasteiger partial charge is 0.496 e. The first-order valence-electron chi connectivity index (χ1n) is 7.46. The minimum absolute atomic E-state index is 0.0547. The van der Waals surface area contributed by atoms with Crippen LogP contribution in [-0.4, -0.2) is 31.9 Å². The first-order valence-corrected chi connectivity index (χ1v) is 7.46. The van der Waals surface area contributed by atoms with E-state index in [9.17, 15) is 9.90 Å². The van der Waals surface area contributed by atoms with E-state index in [1.807, 2.05) is 18.2 Å². The highest BCUT2D eigenvalue weighted by Gasteiger charge is 2.30. The normalized spacial score (nSPS) is 13.5. The zero-order valence-corrected chi connectivity index (χ0v) is 13.4. The molecule has 0 bridgehead atoms. The van der Waals surface area contributed by atoms with E-state index in [1.165, 1.54) is 14.2 Å². The van der Waals surface area contributed by atoms with Crippen LogP contribution in [0.4, 0.5) is 0 Å². The molecular formula is C18H18O6. The van der Waals surface area contributed by atoms with Gasteiger partial charge in [0, 0.05) is 12.5 Å². The minimum atomic E-state index is -0.918. The lowest BCUT2D eigenvalue weighted by atomic mass is 9.98. The van der Waals surface area contributed by atoms with Gasteiger partial charge in [-0.25, -0.2) is 0 Å². The van der Waals surface area contributed by atoms with E-state index in [1.54, 1.807) is 18.2 Å². The predicted molar refractivity (Wildman–Crippen MR) is 86.0 cm³/mol. The van der Waals surface area contributed by atoms with Gasteiger partial charge < -0.3 is 24.1 Å². The quantitative estimate of drug-likeness (QED) is 0.821. The van der Waals surface area contributed by atoms with Crippen LogP contribution < -0.4 is 18.9 Å². The Morgan fingerprint density at radius 2 is 1.96 bits per heavy atom. The third-order valence-electron chi connectivity index (χ3n) is 3.85. The van der Waals surface area contributed by atoms with Crippen molar-refractivity contribution in [3.8, 4) is 23.0 Å². The molecule has 1 aliphatic heterocycles. The number of fused-ring (bicyclic) bond motifs is 1. The number of ketones is 1. The van der Waals surface area contributed by atoms with Crippen molar-refractivity contribution in [2.45, 2.75) is 12.5 Å². The molecule has 126 valence electrons. The van der Waals surface area contributed by atoms with Crippen LogP contribution in [0.25, 0.3) is 0 Å². The minimum Gasteiger partial charge on any atom is -0.496 e. The molecule has 0 saturated heterocycles. The zero-order chi connectivity index (χ0) is 17.1. The Bertz CT molecular complexity index is 741. The van der Waals surface area contributed by atoms with Gasteiger partial charge in [0.25, 0.3) is 0 Å². The average molecular weight is 330 g/mol. The molecule has 1 aliphatic rings. The lowest BCUT2D eigenvalue weighted by Crippen LogP contribution is -2.10. The second kappa shape index (κ2) is 6.80. The van der Waals surface area contributed by atoms with E-state index in [-0.39, 0.29) is 30.3 Å². The predicted octanol–water partition coefficient (Wildman–Crippen LogP) is 2.74. The number of benzene rings is 2. The number of rotatable bonds is 6. The number of carbonyl (C=O) groups excluding carboxylic acids is 1. The summed E-state index contributed by atoms with van der Waals surface area (Å²) in [6.45, 7) is 0.0547. The summed E-state index contributed by atoms with van der Waals surface area (Å²) in [7, 11) is 2.91. The van der Waals surface area contributed by atoms with Gasteiger partial charge in [-0.05, 0) is 5.56 Å². The molecule has 1 heterocycles. The van der Waals surface area contributed by atoms with E-state index in [0.717, 1.165) is 0 Å². The van der Waals surface area contributed by atoms with Crippen molar-refractivity contribution in [2.75, 3.05) is 21.0 Å². The van der Waals surface area contributed by atoms with Crippen LogP contribution in [0.1, 0.15) is 28.4 Å². The van der Waals surface area contributed by atoms with E-state index < -0.39 is 6.10 Å². The number of methoxy groups -OCH3 is 2. The number of Topliss-reactive ketones (excluding diaryl/α,β-unsaturated/α-hetero) is 1. The summed E-state index contributed by atoms with van der Waals surface area (Å²) in [6.07, 6.45) is -1.02. The second-order valence-electron chi connectivity index (χ2n) is 5.27. The van der Waals surface area contributed by atoms with Crippen molar-refractivity contribution >= 4 is 5.78 Å². The highest BCUT2D eigenvalue weighted by Crippen LogP contribution is 2.48. The summed E-state index contributed by atoms with van der Waals surface area (Å²) in [4.78, 5) is 12.8. The number of aliphatic hydroxyl groups excluding tert-OH is 1. The first kappa shape index (κ1) is 16.1. The molecule has 0 aromatic heterocycles. The Labute approximate surface area is 139 Å². The molecule has 0 amide bonds. The van der Waals surface area contributed by atoms with Crippen LogP contribution in [-0.2, 0) is 0 Å². The van der Waals surface area contributed by atoms with Crippen LogP contribution >= 0.6 is 0 Å². The Morgan fingerprint density at radius 3 is 2.62 bits per heavy atom. The van der Waals surface area contributed by atoms with Gasteiger partial charge >= 0.3 is 0 Å². The number of carbonyl (C=O) groups is 1. The van der Waals surface area contributed by atoms with Crippen molar-refractivity contribution in [1.29, 1.82) is 0 Å². The maximum Gasteiger partial charge on any atom is 0.231 e. The third kappa shape index (κ3) is 2.88. The highest BCUT2D eigenvalue weighted by atomic mass is 16.7. The molecule has 0 fully saturated rings. The molecule has 0 spiro atoms. The third-order valence-corrected chi connectivity index (χ3v) is 3.85. The fraction of sp³-hybridized carbons (Fsp3) is 0.278. The zero-order valence-electron chi connectivity index (χ0n) is 13.4. The van der Waals surface area contributed by atoms with Gasteiger partial charge in [-0.3, -0.25) is 4.79 Å². The van der Waals surface area contributed by atoms with E-state index in [2.05, 4.69) is 0 Å². The number of aliphatic hydroxyl groups is 1. The van der Waals surface area contributed by atoms with Crippen molar-refractivity contribution < 1.29 is 28.8 Å². The lowest BCUT2D eigenvalue weighted by Gasteiger charge is -2.16. The molecule has 0 radical (unpaired) electrons. The van der Waals surface area contributed by atoms with Crippen LogP contribution in [0, 0.1) is 0 Å². The van der Waals surface area contributed by atoms with Crippen molar-refractivity contribution in [3.05, 3.63) is 47.5 Å². The van der Waals surface area contributed by atoms with Crippen LogP contribution in [0.15, 0.2) is 36.4 Å². The van der Waals surface area contributed by atoms with Crippen LogP contribution in [0.2, 0.25) is 0 Å². The van der Waals surface area contributed by atoms with E-state index >= 15 is 0 Å². The highest BCUT2D eigenvalue weighted by molar-refractivity contribution is 6.03. The molecule has 0 aliphatic carbocycles. The van der Waals surface area contributed by atoms with Crippen molar-refractivity contribution in [3.63, 3.8) is 0 Å². The topological polar surface area (TPSA) is 74.2 Å². The number of hydrogen-bond acceptors (Lipinski definition) is 6. The van der Waals surface area contributed by atoms with E-state index in [0.29, 0.717) is 22.8 Å². The van der Waals surface area contributed by atoms with Gasteiger partial charge in [0.05, 0.1) is 20.3 Å². The molecule has 1 N–H and O–H groups in total. The molecule has 0 unspecified atom stereocenters. The first-order chi connectivity index (χ1) is 11.7. The van der Waals surface area contributed by atoms with Gasteiger partial charge in [-0.1, -0.05) is 30.3 Å². The van der Waals surface area contributed by atoms with E-state index in [4.69, 9.17) is 18.9 Å². The van der Waals surface area contributed by atoms with Crippen molar-refractivity contribution in [1.82, 2.24) is 0 Å². The van der Waals surface area contributed by atoms with Crippen LogP contribution in [0.3, 0.4) is 0 Å². The van der Waals surface area contributed by atoms with Crippen LogP contribution in [0.5, 0.6) is 23.0 Å². The molecule has 6 heteroatoms. The maximum absolute atomic E-state index is 12.8. The summed E-state index contributed by atoms with van der Waals surface area (Å²) in [5.74, 6) is 1.10. The monoisotopic (exact) mass is 330 g/mol. The molecule has 2 aromatic carbocycles. The average Bonchev–Trinajstić information content (AvgIpc) is 3.08. The molecule has 6 nitrogen and oxygen atoms in total. The Morgan fingerprint density at radius 1 is 1.21 bits per heavy atom. The van der Waals surface area contributed by atoms with Gasteiger partial charge in [0.15, 0.2) is 17.3 Å².